The number of rotatable bonds is 4. The number of allylic oxidation sites excluding steroid dienone is 3. The third kappa shape index (κ3) is 4.32. The van der Waals surface area contributed by atoms with Crippen molar-refractivity contribution in [2.45, 2.75) is 6.18 Å². The molecule has 1 aromatic rings. The highest BCUT2D eigenvalue weighted by Crippen LogP contribution is 2.25. The van der Waals surface area contributed by atoms with E-state index in [0.717, 1.165) is 0 Å². The van der Waals surface area contributed by atoms with Gasteiger partial charge in [-0.15, -0.1) is 0 Å². The van der Waals surface area contributed by atoms with Crippen LogP contribution in [0.2, 0.25) is 0 Å². The van der Waals surface area contributed by atoms with Gasteiger partial charge in [-0.2, -0.15) is 18.4 Å². The minimum absolute atomic E-state index is 0.246. The third-order valence-corrected chi connectivity index (χ3v) is 2.10. The van der Waals surface area contributed by atoms with Crippen LogP contribution in [0.15, 0.2) is 48.2 Å². The number of carbonyl (C=O) groups is 1. The van der Waals surface area contributed by atoms with Gasteiger partial charge in [0.1, 0.15) is 0 Å². The molecule has 0 saturated carbocycles. The SMILES string of the molecule is C=C(/C=C(/C=O)Nc1cccc(C#N)c1)C(F)(F)F. The molecule has 1 rings (SSSR count). The molecule has 1 N–H and O–H groups in total. The van der Waals surface area contributed by atoms with Crippen molar-refractivity contribution in [3.63, 3.8) is 0 Å². The maximum atomic E-state index is 12.3. The van der Waals surface area contributed by atoms with Crippen LogP contribution in [0.1, 0.15) is 5.56 Å². The number of hydrogen-bond donors (Lipinski definition) is 1. The second-order valence-corrected chi connectivity index (χ2v) is 3.56. The van der Waals surface area contributed by atoms with Crippen LogP contribution in [-0.2, 0) is 4.79 Å². The summed E-state index contributed by atoms with van der Waals surface area (Å²) in [4.78, 5) is 10.7. The molecular formula is C13H9F3N2O. The van der Waals surface area contributed by atoms with E-state index in [1.807, 2.05) is 6.07 Å². The van der Waals surface area contributed by atoms with Crippen LogP contribution in [-0.4, -0.2) is 12.5 Å². The molecule has 1 aromatic carbocycles. The zero-order valence-corrected chi connectivity index (χ0v) is 9.66. The molecule has 0 fully saturated rings. The first-order chi connectivity index (χ1) is 8.86. The normalized spacial score (nSPS) is 11.6. The molecule has 0 spiro atoms. The molecule has 19 heavy (non-hydrogen) atoms. The van der Waals surface area contributed by atoms with Gasteiger partial charge in [0, 0.05) is 5.69 Å². The minimum Gasteiger partial charge on any atom is -0.353 e. The van der Waals surface area contributed by atoms with Crippen LogP contribution in [0, 0.1) is 11.3 Å². The molecule has 0 atom stereocenters. The van der Waals surface area contributed by atoms with Crippen LogP contribution >= 0.6 is 0 Å². The van der Waals surface area contributed by atoms with Crippen molar-refractivity contribution in [2.24, 2.45) is 0 Å². The summed E-state index contributed by atoms with van der Waals surface area (Å²) in [6, 6.07) is 7.89. The van der Waals surface area contributed by atoms with E-state index in [9.17, 15) is 18.0 Å². The van der Waals surface area contributed by atoms with Crippen molar-refractivity contribution in [3.05, 3.63) is 53.8 Å². The highest BCUT2D eigenvalue weighted by molar-refractivity contribution is 5.80. The lowest BCUT2D eigenvalue weighted by molar-refractivity contribution is -0.104. The fraction of sp³-hybridized carbons (Fsp3) is 0.0769. The molecule has 0 aliphatic carbocycles. The average molecular weight is 266 g/mol. The summed E-state index contributed by atoms with van der Waals surface area (Å²) in [6.45, 7) is 2.84. The second kappa shape index (κ2) is 5.87. The van der Waals surface area contributed by atoms with Gasteiger partial charge in [-0.3, -0.25) is 4.79 Å². The molecule has 0 aromatic heterocycles. The molecule has 0 bridgehead atoms. The molecule has 0 saturated heterocycles. The van der Waals surface area contributed by atoms with E-state index in [4.69, 9.17) is 5.26 Å². The van der Waals surface area contributed by atoms with Gasteiger partial charge >= 0.3 is 6.18 Å². The fourth-order valence-corrected chi connectivity index (χ4v) is 1.20. The average Bonchev–Trinajstić information content (AvgIpc) is 2.37. The fourth-order valence-electron chi connectivity index (χ4n) is 1.20. The van der Waals surface area contributed by atoms with E-state index in [0.29, 0.717) is 17.3 Å². The Morgan fingerprint density at radius 3 is 2.63 bits per heavy atom. The summed E-state index contributed by atoms with van der Waals surface area (Å²) >= 11 is 0. The molecule has 0 unspecified atom stereocenters. The molecule has 98 valence electrons. The number of anilines is 1. The van der Waals surface area contributed by atoms with Gasteiger partial charge in [0.05, 0.1) is 22.9 Å². The summed E-state index contributed by atoms with van der Waals surface area (Å²) in [5.41, 5.74) is -0.770. The topological polar surface area (TPSA) is 52.9 Å². The van der Waals surface area contributed by atoms with Crippen molar-refractivity contribution in [1.82, 2.24) is 0 Å². The monoisotopic (exact) mass is 266 g/mol. The Bertz CT molecular complexity index is 568. The number of aldehydes is 1. The molecule has 3 nitrogen and oxygen atoms in total. The van der Waals surface area contributed by atoms with Gasteiger partial charge in [0.25, 0.3) is 0 Å². The number of benzene rings is 1. The molecule has 0 radical (unpaired) electrons. The first-order valence-corrected chi connectivity index (χ1v) is 5.07. The Morgan fingerprint density at radius 2 is 2.11 bits per heavy atom. The number of alkyl halides is 3. The van der Waals surface area contributed by atoms with E-state index < -0.39 is 11.7 Å². The second-order valence-electron chi connectivity index (χ2n) is 3.56. The number of nitrogens with zero attached hydrogens (tertiary/aromatic N) is 1. The quantitative estimate of drug-likeness (QED) is 0.517. The van der Waals surface area contributed by atoms with Crippen molar-refractivity contribution in [3.8, 4) is 6.07 Å². The molecule has 0 aliphatic rings. The Morgan fingerprint density at radius 1 is 1.42 bits per heavy atom. The largest absolute Gasteiger partial charge is 0.415 e. The number of nitriles is 1. The van der Waals surface area contributed by atoms with Gasteiger partial charge in [0.15, 0.2) is 6.29 Å². The van der Waals surface area contributed by atoms with Crippen molar-refractivity contribution < 1.29 is 18.0 Å². The Kier molecular flexibility index (Phi) is 4.48. The predicted octanol–water partition coefficient (Wildman–Crippen LogP) is 3.17. The van der Waals surface area contributed by atoms with E-state index >= 15 is 0 Å². The van der Waals surface area contributed by atoms with Gasteiger partial charge < -0.3 is 5.32 Å². The van der Waals surface area contributed by atoms with Crippen LogP contribution in [0.3, 0.4) is 0 Å². The lowest BCUT2D eigenvalue weighted by Crippen LogP contribution is -2.11. The summed E-state index contributed by atoms with van der Waals surface area (Å²) < 4.78 is 36.8. The minimum atomic E-state index is -4.59. The van der Waals surface area contributed by atoms with E-state index in [1.165, 1.54) is 18.2 Å². The summed E-state index contributed by atoms with van der Waals surface area (Å²) in [6.07, 6.45) is -3.74. The van der Waals surface area contributed by atoms with Crippen molar-refractivity contribution in [1.29, 1.82) is 5.26 Å². The summed E-state index contributed by atoms with van der Waals surface area (Å²) in [5.74, 6) is 0. The van der Waals surface area contributed by atoms with Crippen LogP contribution < -0.4 is 5.32 Å². The van der Waals surface area contributed by atoms with E-state index in [1.54, 1.807) is 6.07 Å². The maximum absolute atomic E-state index is 12.3. The van der Waals surface area contributed by atoms with Crippen molar-refractivity contribution >= 4 is 12.0 Å². The van der Waals surface area contributed by atoms with Crippen LogP contribution in [0.5, 0.6) is 0 Å². The Hall–Kier alpha value is -2.55. The molecule has 0 heterocycles. The van der Waals surface area contributed by atoms with Crippen molar-refractivity contribution in [2.75, 3.05) is 5.32 Å². The van der Waals surface area contributed by atoms with Crippen LogP contribution in [0.25, 0.3) is 0 Å². The molecule has 6 heteroatoms. The maximum Gasteiger partial charge on any atom is 0.415 e. The summed E-state index contributed by atoms with van der Waals surface area (Å²) in [7, 11) is 0. The number of halogens is 3. The van der Waals surface area contributed by atoms with Gasteiger partial charge in [-0.1, -0.05) is 12.6 Å². The van der Waals surface area contributed by atoms with E-state index in [2.05, 4.69) is 11.9 Å². The smallest absolute Gasteiger partial charge is 0.353 e. The zero-order valence-electron chi connectivity index (χ0n) is 9.66. The Labute approximate surface area is 107 Å². The van der Waals surface area contributed by atoms with E-state index in [-0.39, 0.29) is 12.0 Å². The van der Waals surface area contributed by atoms with Gasteiger partial charge in [0.2, 0.25) is 0 Å². The van der Waals surface area contributed by atoms with Gasteiger partial charge in [-0.25, -0.2) is 0 Å². The van der Waals surface area contributed by atoms with Crippen LogP contribution in [0.4, 0.5) is 18.9 Å². The first kappa shape index (κ1) is 14.5. The molecule has 0 amide bonds. The number of nitrogens with one attached hydrogen (secondary N) is 1. The lowest BCUT2D eigenvalue weighted by atomic mass is 10.2. The molecule has 0 aliphatic heterocycles. The predicted molar refractivity (Wildman–Crippen MR) is 64.1 cm³/mol. The zero-order chi connectivity index (χ0) is 14.5. The Balaban J connectivity index is 2.94. The van der Waals surface area contributed by atoms with Gasteiger partial charge in [-0.05, 0) is 24.3 Å². The highest BCUT2D eigenvalue weighted by atomic mass is 19.4. The number of carbonyl (C=O) groups excluding carboxylic acids is 1. The summed E-state index contributed by atoms with van der Waals surface area (Å²) in [5, 5.41) is 11.2. The molecular weight excluding hydrogens is 257 g/mol. The highest BCUT2D eigenvalue weighted by Gasteiger charge is 2.30. The number of hydrogen-bond acceptors (Lipinski definition) is 3. The lowest BCUT2D eigenvalue weighted by Gasteiger charge is -2.09. The third-order valence-electron chi connectivity index (χ3n) is 2.10. The standard InChI is InChI=1S/C13H9F3N2O/c1-9(13(14,15)16)5-12(8-19)18-11-4-2-3-10(6-11)7-17/h2-6,8,18H,1H2/b12-5-. The first-order valence-electron chi connectivity index (χ1n) is 5.07.